The summed E-state index contributed by atoms with van der Waals surface area (Å²) in [6.45, 7) is 6.81. The lowest BCUT2D eigenvalue weighted by atomic mass is 9.79. The number of piperidine rings is 1. The van der Waals surface area contributed by atoms with E-state index in [0.29, 0.717) is 0 Å². The zero-order chi connectivity index (χ0) is 18.7. The number of likely N-dealkylation sites (tertiary alicyclic amines) is 2. The molecule has 0 unspecified atom stereocenters. The van der Waals surface area contributed by atoms with Crippen LogP contribution in [0.4, 0.5) is 10.5 Å². The number of rotatable bonds is 3. The van der Waals surface area contributed by atoms with E-state index >= 15 is 0 Å². The molecule has 27 heavy (non-hydrogen) atoms. The van der Waals surface area contributed by atoms with E-state index in [9.17, 15) is 4.79 Å². The Morgan fingerprint density at radius 2 is 1.93 bits per heavy atom. The van der Waals surface area contributed by atoms with Gasteiger partial charge in [-0.05, 0) is 57.0 Å². The predicted molar refractivity (Wildman–Crippen MR) is 108 cm³/mol. The third-order valence-electron chi connectivity index (χ3n) is 5.82. The number of carbonyl (C=O) groups excluding carboxylic acids is 1. The number of hydrogen-bond donors (Lipinski definition) is 1. The number of benzene rings is 1. The minimum absolute atomic E-state index is 0.0237. The maximum atomic E-state index is 12.6. The van der Waals surface area contributed by atoms with Crippen molar-refractivity contribution in [1.82, 2.24) is 14.8 Å². The molecule has 2 amide bonds. The Balaban J connectivity index is 1.37. The van der Waals surface area contributed by atoms with Crippen molar-refractivity contribution in [2.24, 2.45) is 5.41 Å². The van der Waals surface area contributed by atoms with E-state index in [-0.39, 0.29) is 11.4 Å². The average Bonchev–Trinajstić information content (AvgIpc) is 3.06. The van der Waals surface area contributed by atoms with Gasteiger partial charge in [0.1, 0.15) is 0 Å². The fourth-order valence-electron chi connectivity index (χ4n) is 4.53. The largest absolute Gasteiger partial charge is 0.324 e. The van der Waals surface area contributed by atoms with Gasteiger partial charge in [-0.25, -0.2) is 4.79 Å². The van der Waals surface area contributed by atoms with Crippen LogP contribution in [0.3, 0.4) is 0 Å². The van der Waals surface area contributed by atoms with Gasteiger partial charge in [-0.15, -0.1) is 0 Å². The quantitative estimate of drug-likeness (QED) is 0.898. The van der Waals surface area contributed by atoms with Crippen LogP contribution in [0.15, 0.2) is 48.5 Å². The van der Waals surface area contributed by atoms with Crippen molar-refractivity contribution in [2.75, 3.05) is 31.5 Å². The smallest absolute Gasteiger partial charge is 0.321 e. The molecule has 5 heteroatoms. The van der Waals surface area contributed by atoms with Gasteiger partial charge in [0, 0.05) is 43.0 Å². The molecular formula is C22H28N4O. The summed E-state index contributed by atoms with van der Waals surface area (Å²) in [5.74, 6) is 0. The number of para-hydroxylation sites is 1. The first-order chi connectivity index (χ1) is 13.1. The molecule has 3 heterocycles. The number of pyridine rings is 1. The van der Waals surface area contributed by atoms with Crippen molar-refractivity contribution < 1.29 is 4.79 Å². The topological polar surface area (TPSA) is 48.5 Å². The highest BCUT2D eigenvalue weighted by atomic mass is 16.2. The van der Waals surface area contributed by atoms with Crippen molar-refractivity contribution in [3.8, 4) is 0 Å². The molecule has 0 bridgehead atoms. The van der Waals surface area contributed by atoms with E-state index in [2.05, 4.69) is 27.3 Å². The van der Waals surface area contributed by atoms with Crippen LogP contribution in [-0.2, 0) is 6.54 Å². The van der Waals surface area contributed by atoms with Crippen molar-refractivity contribution >= 4 is 11.7 Å². The second-order valence-corrected chi connectivity index (χ2v) is 8.05. The number of urea groups is 1. The van der Waals surface area contributed by atoms with E-state index in [1.165, 1.54) is 12.8 Å². The first-order valence-electron chi connectivity index (χ1n) is 9.88. The highest BCUT2D eigenvalue weighted by Gasteiger charge is 2.42. The summed E-state index contributed by atoms with van der Waals surface area (Å²) < 4.78 is 0. The molecule has 2 saturated heterocycles. The molecule has 2 aliphatic heterocycles. The normalized spacial score (nSPS) is 22.9. The Kier molecular flexibility index (Phi) is 5.12. The van der Waals surface area contributed by atoms with Crippen molar-refractivity contribution in [3.63, 3.8) is 0 Å². The summed E-state index contributed by atoms with van der Waals surface area (Å²) in [7, 11) is 0. The van der Waals surface area contributed by atoms with Gasteiger partial charge >= 0.3 is 6.03 Å². The molecule has 142 valence electrons. The van der Waals surface area contributed by atoms with E-state index in [0.717, 1.165) is 56.2 Å². The van der Waals surface area contributed by atoms with E-state index < -0.39 is 0 Å². The average molecular weight is 364 g/mol. The second-order valence-electron chi connectivity index (χ2n) is 8.05. The maximum absolute atomic E-state index is 12.6. The lowest BCUT2D eigenvalue weighted by Gasteiger charge is -2.40. The SMILES string of the molecule is Cc1cccc(CN2CCC[C@@]3(CCN(C(=O)Nc4ccccc4)C3)C2)n1. The van der Waals surface area contributed by atoms with Gasteiger partial charge in [0.2, 0.25) is 0 Å². The summed E-state index contributed by atoms with van der Waals surface area (Å²) >= 11 is 0. The Bertz CT molecular complexity index is 794. The number of nitrogens with zero attached hydrogens (tertiary/aromatic N) is 3. The molecule has 1 aromatic carbocycles. The standard InChI is InChI=1S/C22H28N4O/c1-18-7-5-10-20(23-18)15-25-13-6-11-22(16-25)12-14-26(17-22)21(27)24-19-8-3-2-4-9-19/h2-5,7-10H,6,11-17H2,1H3,(H,24,27)/t22-/m1/s1. The van der Waals surface area contributed by atoms with Gasteiger partial charge in [-0.3, -0.25) is 9.88 Å². The van der Waals surface area contributed by atoms with E-state index in [4.69, 9.17) is 0 Å². The highest BCUT2D eigenvalue weighted by Crippen LogP contribution is 2.39. The predicted octanol–water partition coefficient (Wildman–Crippen LogP) is 3.91. The minimum Gasteiger partial charge on any atom is -0.324 e. The van der Waals surface area contributed by atoms with Crippen molar-refractivity contribution in [2.45, 2.75) is 32.7 Å². The van der Waals surface area contributed by atoms with E-state index in [1.54, 1.807) is 0 Å². The fraction of sp³-hybridized carbons (Fsp3) is 0.455. The molecule has 2 aromatic rings. The summed E-state index contributed by atoms with van der Waals surface area (Å²) in [6.07, 6.45) is 3.49. The lowest BCUT2D eigenvalue weighted by Crippen LogP contribution is -2.45. The number of nitrogens with one attached hydrogen (secondary N) is 1. The zero-order valence-corrected chi connectivity index (χ0v) is 16.0. The Morgan fingerprint density at radius 1 is 1.07 bits per heavy atom. The molecule has 0 radical (unpaired) electrons. The van der Waals surface area contributed by atoms with Gasteiger partial charge in [0.05, 0.1) is 5.69 Å². The summed E-state index contributed by atoms with van der Waals surface area (Å²) in [5.41, 5.74) is 3.31. The maximum Gasteiger partial charge on any atom is 0.321 e. The number of aryl methyl sites for hydroxylation is 1. The molecule has 0 saturated carbocycles. The number of aromatic nitrogens is 1. The molecule has 1 atom stereocenters. The molecule has 1 spiro atoms. The molecule has 5 nitrogen and oxygen atoms in total. The number of hydrogen-bond acceptors (Lipinski definition) is 3. The van der Waals surface area contributed by atoms with Crippen LogP contribution in [0.25, 0.3) is 0 Å². The third kappa shape index (κ3) is 4.30. The van der Waals surface area contributed by atoms with Crippen LogP contribution >= 0.6 is 0 Å². The van der Waals surface area contributed by atoms with Crippen molar-refractivity contribution in [1.29, 1.82) is 0 Å². The van der Waals surface area contributed by atoms with Crippen LogP contribution in [0.1, 0.15) is 30.7 Å². The van der Waals surface area contributed by atoms with Gasteiger partial charge < -0.3 is 10.2 Å². The van der Waals surface area contributed by atoms with Crippen LogP contribution in [-0.4, -0.2) is 47.0 Å². The lowest BCUT2D eigenvalue weighted by molar-refractivity contribution is 0.0896. The second kappa shape index (κ2) is 7.69. The van der Waals surface area contributed by atoms with Gasteiger partial charge in [0.25, 0.3) is 0 Å². The third-order valence-corrected chi connectivity index (χ3v) is 5.82. The molecule has 1 N–H and O–H groups in total. The van der Waals surface area contributed by atoms with Crippen LogP contribution in [0.5, 0.6) is 0 Å². The van der Waals surface area contributed by atoms with Gasteiger partial charge in [0.15, 0.2) is 0 Å². The van der Waals surface area contributed by atoms with Gasteiger partial charge in [-0.1, -0.05) is 24.3 Å². The van der Waals surface area contributed by atoms with E-state index in [1.807, 2.05) is 48.2 Å². The Morgan fingerprint density at radius 3 is 2.74 bits per heavy atom. The monoisotopic (exact) mass is 364 g/mol. The molecule has 4 rings (SSSR count). The number of carbonyl (C=O) groups is 1. The van der Waals surface area contributed by atoms with Crippen LogP contribution in [0.2, 0.25) is 0 Å². The summed E-state index contributed by atoms with van der Waals surface area (Å²) in [4.78, 5) is 21.8. The van der Waals surface area contributed by atoms with Gasteiger partial charge in [-0.2, -0.15) is 0 Å². The number of amides is 2. The van der Waals surface area contributed by atoms with Crippen LogP contribution < -0.4 is 5.32 Å². The first kappa shape index (κ1) is 18.0. The molecule has 2 fully saturated rings. The molecule has 0 aliphatic carbocycles. The zero-order valence-electron chi connectivity index (χ0n) is 16.0. The summed E-state index contributed by atoms with van der Waals surface area (Å²) in [5, 5.41) is 3.03. The number of anilines is 1. The Hall–Kier alpha value is -2.40. The molecule has 2 aliphatic rings. The van der Waals surface area contributed by atoms with Crippen molar-refractivity contribution in [3.05, 3.63) is 59.9 Å². The highest BCUT2D eigenvalue weighted by molar-refractivity contribution is 5.89. The Labute approximate surface area is 161 Å². The molecular weight excluding hydrogens is 336 g/mol. The summed E-state index contributed by atoms with van der Waals surface area (Å²) in [6, 6.07) is 16.0. The molecule has 1 aromatic heterocycles. The fourth-order valence-corrected chi connectivity index (χ4v) is 4.53. The minimum atomic E-state index is 0.0237. The first-order valence-corrected chi connectivity index (χ1v) is 9.88. The van der Waals surface area contributed by atoms with Crippen LogP contribution in [0, 0.1) is 12.3 Å².